The Balaban J connectivity index is 4.33. The van der Waals surface area contributed by atoms with Gasteiger partial charge in [-0.2, -0.15) is 13.2 Å². The van der Waals surface area contributed by atoms with Crippen LogP contribution < -0.4 is 5.32 Å². The van der Waals surface area contributed by atoms with Gasteiger partial charge in [0.15, 0.2) is 0 Å². The van der Waals surface area contributed by atoms with E-state index in [1.807, 2.05) is 0 Å². The molecule has 1 N–H and O–H groups in total. The third kappa shape index (κ3) is 5.74. The highest BCUT2D eigenvalue weighted by Crippen LogP contribution is 2.14. The van der Waals surface area contributed by atoms with Gasteiger partial charge >= 0.3 is 18.1 Å². The first kappa shape index (κ1) is 14.9. The fourth-order valence-corrected chi connectivity index (χ4v) is 1.51. The average Bonchev–Trinajstić information content (AvgIpc) is 1.98. The third-order valence-corrected chi connectivity index (χ3v) is 2.18. The molecule has 0 fully saturated rings. The van der Waals surface area contributed by atoms with Crippen LogP contribution in [0.25, 0.3) is 0 Å². The van der Waals surface area contributed by atoms with E-state index in [-0.39, 0.29) is 0 Å². The summed E-state index contributed by atoms with van der Waals surface area (Å²) in [5, 5.41) is 1.53. The molecule has 1 atom stereocenters. The normalized spacial score (nSPS) is 14.2. The third-order valence-electron chi connectivity index (χ3n) is 1.37. The first-order valence-corrected chi connectivity index (χ1v) is 7.95. The van der Waals surface area contributed by atoms with Gasteiger partial charge < -0.3 is 9.74 Å². The Morgan fingerprint density at radius 1 is 1.25 bits per heavy atom. The zero-order valence-electron chi connectivity index (χ0n) is 9.44. The summed E-state index contributed by atoms with van der Waals surface area (Å²) in [5.41, 5.74) is 0. The molecule has 0 spiro atoms. The smallest absolute Gasteiger partial charge is 0.471 e. The molecule has 0 aliphatic carbocycles. The van der Waals surface area contributed by atoms with E-state index in [2.05, 4.69) is 0 Å². The van der Waals surface area contributed by atoms with Gasteiger partial charge in [-0.25, -0.2) is 0 Å². The number of alkyl halides is 3. The molecular weight excluding hydrogens is 243 g/mol. The molecule has 0 saturated heterocycles. The highest BCUT2D eigenvalue weighted by Gasteiger charge is 2.40. The van der Waals surface area contributed by atoms with E-state index in [0.717, 1.165) is 6.92 Å². The lowest BCUT2D eigenvalue weighted by Gasteiger charge is -2.21. The zero-order valence-corrected chi connectivity index (χ0v) is 10.4. The van der Waals surface area contributed by atoms with Crippen molar-refractivity contribution in [2.45, 2.75) is 38.8 Å². The largest absolute Gasteiger partial charge is 0.518 e. The topological polar surface area (TPSA) is 55.4 Å². The zero-order chi connectivity index (χ0) is 13.1. The molecule has 16 heavy (non-hydrogen) atoms. The molecule has 0 aromatic heterocycles. The number of amides is 1. The van der Waals surface area contributed by atoms with Crippen LogP contribution in [0.5, 0.6) is 0 Å². The summed E-state index contributed by atoms with van der Waals surface area (Å²) in [5.74, 6) is -3.00. The van der Waals surface area contributed by atoms with Gasteiger partial charge in [0.25, 0.3) is 0 Å². The van der Waals surface area contributed by atoms with Gasteiger partial charge in [0, 0.05) is 0 Å². The second-order valence-corrected chi connectivity index (χ2v) is 8.66. The molecule has 0 aliphatic rings. The minimum atomic E-state index is -4.99. The summed E-state index contributed by atoms with van der Waals surface area (Å²) in [6, 6.07) is -1.30. The van der Waals surface area contributed by atoms with E-state index in [4.69, 9.17) is 4.43 Å². The van der Waals surface area contributed by atoms with Gasteiger partial charge in [-0.05, 0) is 26.6 Å². The van der Waals surface area contributed by atoms with Crippen molar-refractivity contribution in [1.29, 1.82) is 0 Å². The number of nitrogens with one attached hydrogen (secondary N) is 1. The van der Waals surface area contributed by atoms with E-state index in [0.29, 0.717) is 0 Å². The molecule has 0 aliphatic heterocycles. The minimum Gasteiger partial charge on any atom is -0.518 e. The van der Waals surface area contributed by atoms with Crippen LogP contribution in [0.1, 0.15) is 6.92 Å². The Hall–Kier alpha value is -1.05. The van der Waals surface area contributed by atoms with E-state index >= 15 is 0 Å². The Bertz CT molecular complexity index is 285. The van der Waals surface area contributed by atoms with Gasteiger partial charge in [-0.15, -0.1) is 0 Å². The second-order valence-electron chi connectivity index (χ2n) is 4.23. The second kappa shape index (κ2) is 4.85. The standard InChI is InChI=1S/C8H14F3NO3Si/c1-5(6(13)15-16(2,3)4)12-7(14)8(9,10)11/h5H,1-4H3,(H,12,14)/t5-/m0/s1. The molecule has 0 aromatic rings. The van der Waals surface area contributed by atoms with Crippen LogP contribution in [0.2, 0.25) is 19.6 Å². The number of halogens is 3. The molecule has 0 rings (SSSR count). The highest BCUT2D eigenvalue weighted by atomic mass is 28.4. The lowest BCUT2D eigenvalue weighted by atomic mass is 10.3. The SMILES string of the molecule is C[C@H](NC(=O)C(F)(F)F)C(=O)O[Si](C)(C)C. The maximum atomic E-state index is 11.9. The number of hydrogen-bond donors (Lipinski definition) is 1. The van der Waals surface area contributed by atoms with E-state index in [1.54, 1.807) is 19.6 Å². The monoisotopic (exact) mass is 257 g/mol. The predicted molar refractivity (Wildman–Crippen MR) is 53.1 cm³/mol. The van der Waals surface area contributed by atoms with Crippen LogP contribution in [0.4, 0.5) is 13.2 Å². The van der Waals surface area contributed by atoms with Crippen molar-refractivity contribution < 1.29 is 27.2 Å². The maximum Gasteiger partial charge on any atom is 0.471 e. The molecular formula is C8H14F3NO3Si. The van der Waals surface area contributed by atoms with Crippen molar-refractivity contribution in [3.8, 4) is 0 Å². The minimum absolute atomic E-state index is 0.850. The maximum absolute atomic E-state index is 11.9. The van der Waals surface area contributed by atoms with Crippen molar-refractivity contribution in [1.82, 2.24) is 5.32 Å². The molecule has 0 unspecified atom stereocenters. The Kier molecular flexibility index (Phi) is 4.53. The Morgan fingerprint density at radius 3 is 2.00 bits per heavy atom. The van der Waals surface area contributed by atoms with Crippen LogP contribution in [0, 0.1) is 0 Å². The summed E-state index contributed by atoms with van der Waals surface area (Å²) < 4.78 is 40.5. The van der Waals surface area contributed by atoms with Crippen LogP contribution >= 0.6 is 0 Å². The lowest BCUT2D eigenvalue weighted by Crippen LogP contribution is -2.47. The van der Waals surface area contributed by atoms with E-state index in [1.165, 1.54) is 5.32 Å². The predicted octanol–water partition coefficient (Wildman–Crippen LogP) is 1.43. The Morgan fingerprint density at radius 2 is 1.69 bits per heavy atom. The highest BCUT2D eigenvalue weighted by molar-refractivity contribution is 6.71. The summed E-state index contributed by atoms with van der Waals surface area (Å²) in [6.07, 6.45) is -4.99. The van der Waals surface area contributed by atoms with Crippen molar-refractivity contribution in [3.05, 3.63) is 0 Å². The molecule has 0 saturated carbocycles. The average molecular weight is 257 g/mol. The number of hydrogen-bond acceptors (Lipinski definition) is 3. The first-order valence-electron chi connectivity index (χ1n) is 4.54. The Labute approximate surface area is 92.3 Å². The number of rotatable bonds is 3. The molecule has 1 amide bonds. The van der Waals surface area contributed by atoms with Gasteiger partial charge in [-0.1, -0.05) is 0 Å². The summed E-state index contributed by atoms with van der Waals surface area (Å²) in [7, 11) is -2.16. The van der Waals surface area contributed by atoms with Crippen molar-refractivity contribution in [3.63, 3.8) is 0 Å². The van der Waals surface area contributed by atoms with Gasteiger partial charge in [-0.3, -0.25) is 9.59 Å². The summed E-state index contributed by atoms with van der Waals surface area (Å²) >= 11 is 0. The fourth-order valence-electron chi connectivity index (χ4n) is 0.728. The fraction of sp³-hybridized carbons (Fsp3) is 0.750. The molecule has 0 heterocycles. The van der Waals surface area contributed by atoms with Gasteiger partial charge in [0.1, 0.15) is 6.04 Å². The molecule has 0 radical (unpaired) electrons. The van der Waals surface area contributed by atoms with Crippen molar-refractivity contribution in [2.24, 2.45) is 0 Å². The van der Waals surface area contributed by atoms with Crippen LogP contribution in [0.15, 0.2) is 0 Å². The lowest BCUT2D eigenvalue weighted by molar-refractivity contribution is -0.175. The van der Waals surface area contributed by atoms with E-state index < -0.39 is 32.4 Å². The van der Waals surface area contributed by atoms with Crippen LogP contribution in [-0.4, -0.2) is 32.4 Å². The van der Waals surface area contributed by atoms with Gasteiger partial charge in [0.2, 0.25) is 8.32 Å². The van der Waals surface area contributed by atoms with E-state index in [9.17, 15) is 22.8 Å². The molecule has 0 aromatic carbocycles. The van der Waals surface area contributed by atoms with Crippen LogP contribution in [-0.2, 0) is 14.0 Å². The molecule has 0 bridgehead atoms. The van der Waals surface area contributed by atoms with Crippen molar-refractivity contribution >= 4 is 20.2 Å². The number of carbonyl (C=O) groups is 2. The summed E-state index contributed by atoms with van der Waals surface area (Å²) in [6.45, 7) is 6.28. The van der Waals surface area contributed by atoms with Gasteiger partial charge in [0.05, 0.1) is 0 Å². The first-order chi connectivity index (χ1) is 6.93. The number of carbonyl (C=O) groups excluding carboxylic acids is 2. The quantitative estimate of drug-likeness (QED) is 0.778. The van der Waals surface area contributed by atoms with Crippen LogP contribution in [0.3, 0.4) is 0 Å². The van der Waals surface area contributed by atoms with Crippen molar-refractivity contribution in [2.75, 3.05) is 0 Å². The molecule has 8 heteroatoms. The molecule has 4 nitrogen and oxygen atoms in total. The molecule has 94 valence electrons. The summed E-state index contributed by atoms with van der Waals surface area (Å²) in [4.78, 5) is 21.8.